The van der Waals surface area contributed by atoms with Crippen LogP contribution in [0, 0.1) is 0 Å². The van der Waals surface area contributed by atoms with E-state index in [1.807, 2.05) is 0 Å². The Bertz CT molecular complexity index is 1770. The third kappa shape index (κ3) is 6.23. The fourth-order valence-electron chi connectivity index (χ4n) is 8.64. The largest absolute Gasteiger partial charge is 0.493 e. The van der Waals surface area contributed by atoms with Gasteiger partial charge >= 0.3 is 0 Å². The van der Waals surface area contributed by atoms with Crippen molar-refractivity contribution in [2.24, 2.45) is 0 Å². The summed E-state index contributed by atoms with van der Waals surface area (Å²) in [6.45, 7) is 8.35. The zero-order chi connectivity index (χ0) is 43.4. The van der Waals surface area contributed by atoms with Crippen molar-refractivity contribution < 1.29 is 71.1 Å². The van der Waals surface area contributed by atoms with Crippen molar-refractivity contribution in [2.45, 2.75) is 33.2 Å². The van der Waals surface area contributed by atoms with Crippen molar-refractivity contribution in [1.82, 2.24) is 0 Å². The minimum atomic E-state index is -4.50. The Morgan fingerprint density at radius 1 is 0.241 bits per heavy atom. The highest BCUT2D eigenvalue weighted by molar-refractivity contribution is 7.16. The van der Waals surface area contributed by atoms with Crippen LogP contribution in [0.2, 0.25) is 5.54 Å². The molecule has 15 nitrogen and oxygen atoms in total. The minimum Gasteiger partial charge on any atom is -0.493 e. The SMILES string of the molecule is COc1c(OC)c(OC)c([Si](c2c(OC)c(OC)c(OC)c(OC)c2OC)(c2c(OC)c(OC)c(OC)c(OC)c2OC)C2C(C)=C(C)C(C)=C2C)c(OC)c1OC. The molecule has 0 N–H and O–H groups in total. The van der Waals surface area contributed by atoms with Gasteiger partial charge < -0.3 is 71.1 Å². The maximum Gasteiger partial charge on any atom is 0.211 e. The van der Waals surface area contributed by atoms with E-state index in [0.29, 0.717) is 15.6 Å². The highest BCUT2D eigenvalue weighted by Gasteiger charge is 2.62. The molecule has 0 atom stereocenters. The van der Waals surface area contributed by atoms with E-state index in [0.717, 1.165) is 22.3 Å². The van der Waals surface area contributed by atoms with Crippen LogP contribution in [0.25, 0.3) is 0 Å². The summed E-state index contributed by atoms with van der Waals surface area (Å²) in [5.41, 5.74) is 3.54. The van der Waals surface area contributed by atoms with E-state index in [1.54, 1.807) is 0 Å². The summed E-state index contributed by atoms with van der Waals surface area (Å²) >= 11 is 0. The summed E-state index contributed by atoms with van der Waals surface area (Å²) in [5, 5.41) is 1.40. The Labute approximate surface area is 342 Å². The molecule has 0 saturated carbocycles. The summed E-state index contributed by atoms with van der Waals surface area (Å²) in [7, 11) is 18.3. The lowest BCUT2D eigenvalue weighted by Gasteiger charge is -2.44. The van der Waals surface area contributed by atoms with Crippen LogP contribution in [-0.2, 0) is 0 Å². The molecule has 0 bridgehead atoms. The van der Waals surface area contributed by atoms with Crippen molar-refractivity contribution >= 4 is 23.6 Å². The summed E-state index contributed by atoms with van der Waals surface area (Å²) in [5.74, 6) is 3.34. The lowest BCUT2D eigenvalue weighted by atomic mass is 10.1. The van der Waals surface area contributed by atoms with E-state index in [9.17, 15) is 0 Å². The van der Waals surface area contributed by atoms with Crippen LogP contribution in [0.4, 0.5) is 0 Å². The molecule has 320 valence electrons. The van der Waals surface area contributed by atoms with Crippen molar-refractivity contribution in [2.75, 3.05) is 107 Å². The van der Waals surface area contributed by atoms with Gasteiger partial charge in [0.05, 0.1) is 107 Å². The Kier molecular flexibility index (Phi) is 14.2. The topological polar surface area (TPSA) is 138 Å². The van der Waals surface area contributed by atoms with Gasteiger partial charge in [-0.3, -0.25) is 0 Å². The summed E-state index contributed by atoms with van der Waals surface area (Å²) in [6, 6.07) is 0. The van der Waals surface area contributed by atoms with E-state index in [1.165, 1.54) is 107 Å². The second-order valence-corrected chi connectivity index (χ2v) is 16.7. The molecule has 1 aliphatic rings. The molecule has 0 unspecified atom stereocenters. The predicted molar refractivity (Wildman–Crippen MR) is 223 cm³/mol. The molecule has 1 aliphatic carbocycles. The zero-order valence-electron chi connectivity index (χ0n) is 37.2. The highest BCUT2D eigenvalue weighted by atomic mass is 28.3. The molecule has 0 amide bonds. The minimum absolute atomic E-state index is 0.208. The molecule has 4 rings (SSSR count). The predicted octanol–water partition coefficient (Wildman–Crippen LogP) is 5.34. The molecule has 16 heteroatoms. The first kappa shape index (κ1) is 45.1. The van der Waals surface area contributed by atoms with Crippen LogP contribution < -0.4 is 86.6 Å². The molecule has 0 heterocycles. The lowest BCUT2D eigenvalue weighted by Crippen LogP contribution is -2.71. The molecular formula is C42H58O15Si. The zero-order valence-corrected chi connectivity index (χ0v) is 38.2. The average molecular weight is 831 g/mol. The molecule has 3 aromatic rings. The second-order valence-electron chi connectivity index (χ2n) is 13.0. The van der Waals surface area contributed by atoms with Crippen molar-refractivity contribution in [3.05, 3.63) is 22.3 Å². The van der Waals surface area contributed by atoms with Gasteiger partial charge in [-0.1, -0.05) is 11.1 Å². The number of methoxy groups -OCH3 is 15. The normalized spacial score (nSPS) is 12.9. The molecular weight excluding hydrogens is 773 g/mol. The number of ether oxygens (including phenoxy) is 15. The van der Waals surface area contributed by atoms with Gasteiger partial charge in [0.15, 0.2) is 42.6 Å². The molecule has 0 aromatic heterocycles. The van der Waals surface area contributed by atoms with Crippen LogP contribution in [0.1, 0.15) is 27.7 Å². The van der Waals surface area contributed by atoms with Gasteiger partial charge in [-0.2, -0.15) is 0 Å². The van der Waals surface area contributed by atoms with E-state index < -0.39 is 13.6 Å². The maximum atomic E-state index is 6.52. The van der Waals surface area contributed by atoms with Crippen LogP contribution in [0.15, 0.2) is 22.3 Å². The van der Waals surface area contributed by atoms with Gasteiger partial charge in [0, 0.05) is 21.1 Å². The number of benzene rings is 3. The number of hydrogen-bond acceptors (Lipinski definition) is 15. The Morgan fingerprint density at radius 2 is 0.379 bits per heavy atom. The van der Waals surface area contributed by atoms with Gasteiger partial charge in [0.1, 0.15) is 0 Å². The first-order valence-electron chi connectivity index (χ1n) is 18.1. The summed E-state index contributed by atoms with van der Waals surface area (Å²) < 4.78 is 94.2. The van der Waals surface area contributed by atoms with Crippen molar-refractivity contribution in [3.8, 4) is 86.2 Å². The van der Waals surface area contributed by atoms with Crippen LogP contribution >= 0.6 is 0 Å². The van der Waals surface area contributed by atoms with Gasteiger partial charge in [0.25, 0.3) is 0 Å². The van der Waals surface area contributed by atoms with E-state index in [-0.39, 0.29) is 86.2 Å². The number of allylic oxidation sites excluding steroid dienone is 4. The monoisotopic (exact) mass is 830 g/mol. The first-order chi connectivity index (χ1) is 27.9. The fourth-order valence-corrected chi connectivity index (χ4v) is 15.4. The maximum absolute atomic E-state index is 6.52. The van der Waals surface area contributed by atoms with Gasteiger partial charge in [-0.15, -0.1) is 0 Å². The highest BCUT2D eigenvalue weighted by Crippen LogP contribution is 2.60. The summed E-state index contributed by atoms with van der Waals surface area (Å²) in [4.78, 5) is 0. The molecule has 0 spiro atoms. The first-order valence-corrected chi connectivity index (χ1v) is 20.1. The number of rotatable bonds is 19. The van der Waals surface area contributed by atoms with Gasteiger partial charge in [-0.25, -0.2) is 0 Å². The van der Waals surface area contributed by atoms with Crippen molar-refractivity contribution in [3.63, 3.8) is 0 Å². The van der Waals surface area contributed by atoms with Gasteiger partial charge in [-0.05, 0) is 38.8 Å². The van der Waals surface area contributed by atoms with E-state index in [2.05, 4.69) is 27.7 Å². The fraction of sp³-hybridized carbons (Fsp3) is 0.476. The van der Waals surface area contributed by atoms with Crippen LogP contribution in [0.5, 0.6) is 86.2 Å². The standard InChI is InChI=1S/C42H58O15Si/c1-20-21(2)23(4)39(22(20)3)58(40-33(52-14)27(46-8)24(43-5)28(47-9)34(40)53-15,41-35(54-16)29(48-10)25(44-6)30(49-11)36(41)55-17)42-37(56-18)31(50-12)26(45-7)32(51-13)38(42)57-19/h39H,1-19H3. The Balaban J connectivity index is 2.86. The Hall–Kier alpha value is -5.64. The molecule has 0 aliphatic heterocycles. The molecule has 58 heavy (non-hydrogen) atoms. The van der Waals surface area contributed by atoms with Crippen molar-refractivity contribution in [1.29, 1.82) is 0 Å². The van der Waals surface area contributed by atoms with Gasteiger partial charge in [0.2, 0.25) is 51.7 Å². The van der Waals surface area contributed by atoms with Crippen LogP contribution in [-0.4, -0.2) is 115 Å². The summed E-state index contributed by atoms with van der Waals surface area (Å²) in [6.07, 6.45) is 0. The molecule has 0 saturated heterocycles. The Morgan fingerprint density at radius 3 is 0.517 bits per heavy atom. The molecule has 0 fully saturated rings. The third-order valence-electron chi connectivity index (χ3n) is 11.1. The molecule has 0 radical (unpaired) electrons. The smallest absolute Gasteiger partial charge is 0.211 e. The van der Waals surface area contributed by atoms with E-state index >= 15 is 0 Å². The quantitative estimate of drug-likeness (QED) is 0.113. The third-order valence-corrected chi connectivity index (χ3v) is 16.6. The van der Waals surface area contributed by atoms with E-state index in [4.69, 9.17) is 71.1 Å². The van der Waals surface area contributed by atoms with Crippen LogP contribution in [0.3, 0.4) is 0 Å². The lowest BCUT2D eigenvalue weighted by molar-refractivity contribution is 0.291. The second kappa shape index (κ2) is 18.3. The molecule has 3 aromatic carbocycles. The number of hydrogen-bond donors (Lipinski definition) is 0. The average Bonchev–Trinajstić information content (AvgIpc) is 3.44.